The van der Waals surface area contributed by atoms with Crippen LogP contribution in [0.3, 0.4) is 0 Å². The summed E-state index contributed by atoms with van der Waals surface area (Å²) < 4.78 is 18.3. The zero-order valence-corrected chi connectivity index (χ0v) is 18.0. The van der Waals surface area contributed by atoms with Crippen molar-refractivity contribution in [3.63, 3.8) is 0 Å². The second-order valence-corrected chi connectivity index (χ2v) is 11.2. The van der Waals surface area contributed by atoms with Gasteiger partial charge in [-0.05, 0) is 82.5 Å². The molecule has 8 atom stereocenters. The van der Waals surface area contributed by atoms with E-state index in [0.29, 0.717) is 23.9 Å². The lowest BCUT2D eigenvalue weighted by atomic mass is 9.46. The third kappa shape index (κ3) is 2.77. The van der Waals surface area contributed by atoms with Gasteiger partial charge in [0.2, 0.25) is 0 Å². The molecule has 0 spiro atoms. The lowest BCUT2D eigenvalue weighted by molar-refractivity contribution is -0.199. The number of hydrogen-bond donors (Lipinski definition) is 0. The molecule has 154 valence electrons. The summed E-state index contributed by atoms with van der Waals surface area (Å²) in [5.74, 6) is 1.92. The van der Waals surface area contributed by atoms with Crippen molar-refractivity contribution in [1.82, 2.24) is 0 Å². The van der Waals surface area contributed by atoms with Gasteiger partial charge >= 0.3 is 0 Å². The maximum absolute atomic E-state index is 12.2. The normalized spacial score (nSPS) is 52.1. The molecule has 4 fully saturated rings. The van der Waals surface area contributed by atoms with Crippen LogP contribution in [0, 0.1) is 28.6 Å². The van der Waals surface area contributed by atoms with Crippen molar-refractivity contribution in [1.29, 1.82) is 0 Å². The summed E-state index contributed by atoms with van der Waals surface area (Å²) in [6.45, 7) is 11.3. The van der Waals surface area contributed by atoms with Crippen LogP contribution in [-0.2, 0) is 19.0 Å². The number of carbonyl (C=O) groups excluding carboxylic acids is 1. The molecule has 0 N–H and O–H groups in total. The van der Waals surface area contributed by atoms with Gasteiger partial charge in [0.1, 0.15) is 5.60 Å². The fourth-order valence-electron chi connectivity index (χ4n) is 7.53. The van der Waals surface area contributed by atoms with Crippen molar-refractivity contribution in [2.24, 2.45) is 28.6 Å². The Morgan fingerprint density at radius 1 is 1.04 bits per heavy atom. The number of methoxy groups -OCH3 is 1. The third-order valence-electron chi connectivity index (χ3n) is 8.87. The van der Waals surface area contributed by atoms with E-state index in [1.165, 1.54) is 25.7 Å². The average molecular weight is 379 g/mol. The van der Waals surface area contributed by atoms with Crippen LogP contribution in [-0.4, -0.2) is 37.0 Å². The lowest BCUT2D eigenvalue weighted by Gasteiger charge is -2.59. The SMILES string of the molecule is CO[C@H]1C[C@]2(C)[C@H]3CC[C@]4(C)[C@@H](OC(C)(C)C)CC[C@H]4[C@@H]3CC[C@]2(C=O)O1. The third-order valence-corrected chi connectivity index (χ3v) is 8.87. The highest BCUT2D eigenvalue weighted by Gasteiger charge is 2.68. The van der Waals surface area contributed by atoms with Gasteiger partial charge < -0.3 is 19.0 Å². The van der Waals surface area contributed by atoms with Gasteiger partial charge in [0.15, 0.2) is 12.6 Å². The van der Waals surface area contributed by atoms with Crippen LogP contribution in [0.25, 0.3) is 0 Å². The molecule has 0 unspecified atom stereocenters. The van der Waals surface area contributed by atoms with Gasteiger partial charge in [0.05, 0.1) is 11.7 Å². The van der Waals surface area contributed by atoms with E-state index < -0.39 is 5.60 Å². The fraction of sp³-hybridized carbons (Fsp3) is 0.957. The summed E-state index contributed by atoms with van der Waals surface area (Å²) in [6, 6.07) is 0. The monoisotopic (exact) mass is 378 g/mol. The molecule has 0 bridgehead atoms. The highest BCUT2D eigenvalue weighted by atomic mass is 16.7. The van der Waals surface area contributed by atoms with E-state index in [-0.39, 0.29) is 22.7 Å². The minimum atomic E-state index is -0.650. The Labute approximate surface area is 164 Å². The molecule has 3 aliphatic carbocycles. The Bertz CT molecular complexity index is 598. The van der Waals surface area contributed by atoms with Crippen molar-refractivity contribution >= 4 is 6.29 Å². The summed E-state index contributed by atoms with van der Waals surface area (Å²) in [4.78, 5) is 12.2. The summed E-state index contributed by atoms with van der Waals surface area (Å²) >= 11 is 0. The van der Waals surface area contributed by atoms with Gasteiger partial charge in [0.25, 0.3) is 0 Å². The number of fused-ring (bicyclic) bond motifs is 5. The Kier molecular flexibility index (Phi) is 4.61. The van der Waals surface area contributed by atoms with E-state index in [4.69, 9.17) is 14.2 Å². The van der Waals surface area contributed by atoms with Crippen LogP contribution in [0.5, 0.6) is 0 Å². The van der Waals surface area contributed by atoms with E-state index in [1.54, 1.807) is 7.11 Å². The Morgan fingerprint density at radius 3 is 2.41 bits per heavy atom. The first-order valence-electron chi connectivity index (χ1n) is 10.9. The number of aldehydes is 1. The molecule has 0 amide bonds. The zero-order chi connectivity index (χ0) is 19.7. The van der Waals surface area contributed by atoms with E-state index in [1.807, 2.05) is 0 Å². The van der Waals surface area contributed by atoms with E-state index in [2.05, 4.69) is 34.6 Å². The van der Waals surface area contributed by atoms with Crippen LogP contribution in [0.4, 0.5) is 0 Å². The molecule has 1 saturated heterocycles. The minimum Gasteiger partial charge on any atom is -0.372 e. The Hall–Kier alpha value is -0.450. The van der Waals surface area contributed by atoms with Crippen LogP contribution >= 0.6 is 0 Å². The minimum absolute atomic E-state index is 0.0877. The molecular formula is C23H38O4. The number of carbonyl (C=O) groups is 1. The van der Waals surface area contributed by atoms with E-state index >= 15 is 0 Å². The number of rotatable bonds is 3. The van der Waals surface area contributed by atoms with Gasteiger partial charge in [-0.3, -0.25) is 0 Å². The van der Waals surface area contributed by atoms with Gasteiger partial charge in [-0.25, -0.2) is 0 Å². The molecule has 4 heteroatoms. The Balaban J connectivity index is 1.62. The first-order valence-corrected chi connectivity index (χ1v) is 10.9. The zero-order valence-electron chi connectivity index (χ0n) is 18.0. The topological polar surface area (TPSA) is 44.8 Å². The van der Waals surface area contributed by atoms with Gasteiger partial charge in [-0.15, -0.1) is 0 Å². The molecule has 1 aliphatic heterocycles. The van der Waals surface area contributed by atoms with Crippen molar-refractivity contribution in [3.8, 4) is 0 Å². The van der Waals surface area contributed by atoms with Crippen molar-refractivity contribution in [3.05, 3.63) is 0 Å². The molecule has 0 aromatic heterocycles. The van der Waals surface area contributed by atoms with Crippen molar-refractivity contribution < 1.29 is 19.0 Å². The quantitative estimate of drug-likeness (QED) is 0.665. The molecule has 0 aromatic carbocycles. The second kappa shape index (κ2) is 6.27. The molecule has 27 heavy (non-hydrogen) atoms. The molecule has 0 aromatic rings. The van der Waals surface area contributed by atoms with Crippen LogP contribution in [0.2, 0.25) is 0 Å². The second-order valence-electron chi connectivity index (χ2n) is 11.2. The number of hydrogen-bond acceptors (Lipinski definition) is 4. The molecule has 4 aliphatic rings. The summed E-state index contributed by atoms with van der Waals surface area (Å²) in [5.41, 5.74) is -0.577. The van der Waals surface area contributed by atoms with Gasteiger partial charge in [0, 0.05) is 18.9 Å². The molecular weight excluding hydrogens is 340 g/mol. The molecule has 3 saturated carbocycles. The molecule has 0 radical (unpaired) electrons. The smallest absolute Gasteiger partial charge is 0.159 e. The highest BCUT2D eigenvalue weighted by molar-refractivity contribution is 5.66. The van der Waals surface area contributed by atoms with Crippen LogP contribution < -0.4 is 0 Å². The molecule has 1 heterocycles. The number of ether oxygens (including phenoxy) is 3. The standard InChI is InChI=1S/C23H38O4/c1-20(2,3)26-18-8-7-16-15-9-12-23(14-24)22(5,13-19(25-6)27-23)17(15)10-11-21(16,18)4/h14-19H,7-13H2,1-6H3/t15-,16-,17-,18-,19+,21-,22+,23+/m0/s1. The fourth-order valence-corrected chi connectivity index (χ4v) is 7.53. The van der Waals surface area contributed by atoms with Gasteiger partial charge in [-0.2, -0.15) is 0 Å². The largest absolute Gasteiger partial charge is 0.372 e. The Morgan fingerprint density at radius 2 is 1.78 bits per heavy atom. The highest BCUT2D eigenvalue weighted by Crippen LogP contribution is 2.68. The first-order chi connectivity index (χ1) is 12.6. The van der Waals surface area contributed by atoms with Crippen molar-refractivity contribution in [2.75, 3.05) is 7.11 Å². The lowest BCUT2D eigenvalue weighted by Crippen LogP contribution is -2.59. The van der Waals surface area contributed by atoms with E-state index in [0.717, 1.165) is 25.5 Å². The predicted molar refractivity (Wildman–Crippen MR) is 104 cm³/mol. The maximum Gasteiger partial charge on any atom is 0.159 e. The molecule has 4 rings (SSSR count). The molecule has 4 nitrogen and oxygen atoms in total. The maximum atomic E-state index is 12.2. The summed E-state index contributed by atoms with van der Waals surface area (Å²) in [7, 11) is 1.70. The predicted octanol–water partition coefficient (Wildman–Crippen LogP) is 4.74. The van der Waals surface area contributed by atoms with Gasteiger partial charge in [-0.1, -0.05) is 13.8 Å². The van der Waals surface area contributed by atoms with E-state index in [9.17, 15) is 4.79 Å². The average Bonchev–Trinajstić information content (AvgIpc) is 3.08. The summed E-state index contributed by atoms with van der Waals surface area (Å²) in [5, 5.41) is 0. The van der Waals surface area contributed by atoms with Crippen molar-refractivity contribution in [2.45, 2.75) is 103 Å². The van der Waals surface area contributed by atoms with Crippen LogP contribution in [0.1, 0.15) is 79.6 Å². The summed E-state index contributed by atoms with van der Waals surface area (Å²) in [6.07, 6.45) is 8.81. The first kappa shape index (κ1) is 19.8. The van der Waals surface area contributed by atoms with Crippen LogP contribution in [0.15, 0.2) is 0 Å².